The van der Waals surface area contributed by atoms with Gasteiger partial charge in [0.1, 0.15) is 11.2 Å². The number of nitrogens with zero attached hydrogens (tertiary/aromatic N) is 2. The first kappa shape index (κ1) is 40.6. The van der Waals surface area contributed by atoms with Crippen LogP contribution in [-0.2, 0) is 0 Å². The lowest BCUT2D eigenvalue weighted by Crippen LogP contribution is -2.10. The molecule has 14 rings (SSSR count). The van der Waals surface area contributed by atoms with E-state index in [4.69, 9.17) is 4.42 Å². The van der Waals surface area contributed by atoms with Crippen molar-refractivity contribution in [1.82, 2.24) is 4.57 Å². The molecule has 332 valence electrons. The first-order valence-electron chi connectivity index (χ1n) is 24.3. The van der Waals surface area contributed by atoms with Gasteiger partial charge in [0, 0.05) is 44.3 Å². The average Bonchev–Trinajstić information content (AvgIpc) is 4.00. The van der Waals surface area contributed by atoms with Gasteiger partial charge in [-0.05, 0) is 145 Å². The van der Waals surface area contributed by atoms with E-state index in [9.17, 15) is 0 Å². The van der Waals surface area contributed by atoms with Crippen LogP contribution in [0.3, 0.4) is 0 Å². The Hall–Kier alpha value is -9.44. The van der Waals surface area contributed by atoms with Crippen LogP contribution in [0.5, 0.6) is 0 Å². The van der Waals surface area contributed by atoms with Crippen LogP contribution in [0.25, 0.3) is 115 Å². The van der Waals surface area contributed by atoms with Crippen molar-refractivity contribution in [2.24, 2.45) is 0 Å². The molecule has 14 aromatic rings. The van der Waals surface area contributed by atoms with Crippen molar-refractivity contribution in [1.29, 1.82) is 0 Å². The summed E-state index contributed by atoms with van der Waals surface area (Å²) in [5, 5.41) is 9.84. The molecular weight excluding hydrogens is 861 g/mol. The minimum absolute atomic E-state index is 0.896. The smallest absolute Gasteiger partial charge is 0.136 e. The number of benzene rings is 12. The highest BCUT2D eigenvalue weighted by Crippen LogP contribution is 2.42. The van der Waals surface area contributed by atoms with Gasteiger partial charge in [0.25, 0.3) is 0 Å². The van der Waals surface area contributed by atoms with Crippen molar-refractivity contribution < 1.29 is 4.42 Å². The number of anilines is 3. The number of aromatic nitrogens is 1. The van der Waals surface area contributed by atoms with E-state index in [1.807, 2.05) is 12.1 Å². The molecule has 0 saturated carbocycles. The number of para-hydroxylation sites is 3. The van der Waals surface area contributed by atoms with Crippen LogP contribution in [0.4, 0.5) is 17.1 Å². The predicted octanol–water partition coefficient (Wildman–Crippen LogP) is 19.1. The molecule has 0 N–H and O–H groups in total. The Bertz CT molecular complexity index is 4260. The van der Waals surface area contributed by atoms with Gasteiger partial charge in [0.15, 0.2) is 0 Å². The fraction of sp³-hybridized carbons (Fsp3) is 0. The van der Waals surface area contributed by atoms with Crippen molar-refractivity contribution >= 4 is 82.4 Å². The standard InChI is InChI=1S/C68H44N2O/c1-2-14-58-49(11-1)27-28-53-43-52(35-42-59(53)58)51-12-9-13-57(44-51)69(55-40-33-50(34-41-55)60-18-10-22-67-68(60)63-17-5-8-21-66(63)71-67)54-36-29-47(30-37-54)45-23-25-46(26-24-45)48-31-38-56(39-32-48)70-64-19-6-3-15-61(64)62-16-4-7-20-65(62)70/h1-44H. The number of hydrogen-bond donors (Lipinski definition) is 0. The second kappa shape index (κ2) is 16.7. The van der Waals surface area contributed by atoms with Crippen LogP contribution in [0.15, 0.2) is 271 Å². The van der Waals surface area contributed by atoms with Crippen molar-refractivity contribution in [3.05, 3.63) is 267 Å². The third kappa shape index (κ3) is 6.97. The molecule has 0 radical (unpaired) electrons. The number of fused-ring (bicyclic) bond motifs is 9. The summed E-state index contributed by atoms with van der Waals surface area (Å²) >= 11 is 0. The lowest BCUT2D eigenvalue weighted by Gasteiger charge is -2.26. The maximum absolute atomic E-state index is 6.28. The van der Waals surface area contributed by atoms with E-state index >= 15 is 0 Å². The van der Waals surface area contributed by atoms with E-state index in [1.54, 1.807) is 0 Å². The van der Waals surface area contributed by atoms with Crippen molar-refractivity contribution in [3.63, 3.8) is 0 Å². The van der Waals surface area contributed by atoms with Gasteiger partial charge in [0.2, 0.25) is 0 Å². The average molecular weight is 905 g/mol. The largest absolute Gasteiger partial charge is 0.456 e. The first-order chi connectivity index (χ1) is 35.2. The highest BCUT2D eigenvalue weighted by Gasteiger charge is 2.18. The third-order valence-electron chi connectivity index (χ3n) is 14.4. The third-order valence-corrected chi connectivity index (χ3v) is 14.4. The summed E-state index contributed by atoms with van der Waals surface area (Å²) in [5.41, 5.74) is 18.0. The molecule has 0 aliphatic carbocycles. The molecule has 0 aliphatic rings. The summed E-state index contributed by atoms with van der Waals surface area (Å²) in [5.74, 6) is 0. The topological polar surface area (TPSA) is 21.3 Å². The summed E-state index contributed by atoms with van der Waals surface area (Å²) in [6.07, 6.45) is 0. The SMILES string of the molecule is c1cc(-c2ccc3c(ccc4ccccc43)c2)cc(N(c2ccc(-c3ccc(-c4ccc(-n5c6ccccc6c6ccccc65)cc4)cc3)cc2)c2ccc(-c3cccc4oc5ccccc5c34)cc2)c1. The molecule has 0 fully saturated rings. The van der Waals surface area contributed by atoms with Gasteiger partial charge in [0.05, 0.1) is 11.0 Å². The maximum Gasteiger partial charge on any atom is 0.136 e. The van der Waals surface area contributed by atoms with Crippen molar-refractivity contribution in [2.75, 3.05) is 4.90 Å². The molecule has 0 atom stereocenters. The minimum Gasteiger partial charge on any atom is -0.456 e. The molecule has 0 saturated heterocycles. The summed E-state index contributed by atoms with van der Waals surface area (Å²) in [6, 6.07) is 96.7. The molecule has 2 aromatic heterocycles. The Morgan fingerprint density at radius 2 is 0.775 bits per heavy atom. The Labute approximate surface area is 411 Å². The zero-order valence-electron chi connectivity index (χ0n) is 38.7. The molecule has 0 aliphatic heterocycles. The summed E-state index contributed by atoms with van der Waals surface area (Å²) in [4.78, 5) is 2.37. The first-order valence-corrected chi connectivity index (χ1v) is 24.3. The van der Waals surface area contributed by atoms with Gasteiger partial charge >= 0.3 is 0 Å². The van der Waals surface area contributed by atoms with Gasteiger partial charge < -0.3 is 13.9 Å². The monoisotopic (exact) mass is 904 g/mol. The van der Waals surface area contributed by atoms with Crippen molar-refractivity contribution in [2.45, 2.75) is 0 Å². The fourth-order valence-corrected chi connectivity index (χ4v) is 10.9. The molecule has 0 amide bonds. The number of rotatable bonds is 8. The van der Waals surface area contributed by atoms with E-state index in [0.29, 0.717) is 0 Å². The quantitative estimate of drug-likeness (QED) is 0.142. The zero-order valence-corrected chi connectivity index (χ0v) is 38.7. The fourth-order valence-electron chi connectivity index (χ4n) is 10.9. The lowest BCUT2D eigenvalue weighted by atomic mass is 9.97. The van der Waals surface area contributed by atoms with Crippen molar-refractivity contribution in [3.8, 4) is 50.2 Å². The van der Waals surface area contributed by atoms with Crippen LogP contribution in [0.2, 0.25) is 0 Å². The van der Waals surface area contributed by atoms with Gasteiger partial charge in [-0.15, -0.1) is 0 Å². The molecule has 0 bridgehead atoms. The summed E-state index contributed by atoms with van der Waals surface area (Å²) < 4.78 is 8.64. The highest BCUT2D eigenvalue weighted by atomic mass is 16.3. The predicted molar refractivity (Wildman–Crippen MR) is 299 cm³/mol. The molecular formula is C68H44N2O. The van der Waals surface area contributed by atoms with Crippen LogP contribution < -0.4 is 4.90 Å². The van der Waals surface area contributed by atoms with E-state index < -0.39 is 0 Å². The molecule has 12 aromatic carbocycles. The second-order valence-corrected chi connectivity index (χ2v) is 18.5. The molecule has 0 spiro atoms. The molecule has 2 heterocycles. The maximum atomic E-state index is 6.28. The summed E-state index contributed by atoms with van der Waals surface area (Å²) in [7, 11) is 0. The van der Waals surface area contributed by atoms with Gasteiger partial charge in [-0.3, -0.25) is 0 Å². The molecule has 3 nitrogen and oxygen atoms in total. The minimum atomic E-state index is 0.896. The Kier molecular flexibility index (Phi) is 9.53. The van der Waals surface area contributed by atoms with Gasteiger partial charge in [-0.25, -0.2) is 0 Å². The van der Waals surface area contributed by atoms with Gasteiger partial charge in [-0.2, -0.15) is 0 Å². The normalized spacial score (nSPS) is 11.7. The van der Waals surface area contributed by atoms with Crippen LogP contribution >= 0.6 is 0 Å². The van der Waals surface area contributed by atoms with E-state index in [2.05, 4.69) is 264 Å². The molecule has 0 unspecified atom stereocenters. The van der Waals surface area contributed by atoms with Crippen LogP contribution in [-0.4, -0.2) is 4.57 Å². The Balaban J connectivity index is 0.798. The Morgan fingerprint density at radius 3 is 1.46 bits per heavy atom. The summed E-state index contributed by atoms with van der Waals surface area (Å²) in [6.45, 7) is 0. The second-order valence-electron chi connectivity index (χ2n) is 18.5. The molecule has 71 heavy (non-hydrogen) atoms. The number of hydrogen-bond acceptors (Lipinski definition) is 2. The van der Waals surface area contributed by atoms with Crippen LogP contribution in [0, 0.1) is 0 Å². The van der Waals surface area contributed by atoms with E-state index in [1.165, 1.54) is 65.6 Å². The van der Waals surface area contributed by atoms with E-state index in [0.717, 1.165) is 66.9 Å². The molecule has 3 heteroatoms. The Morgan fingerprint density at radius 1 is 0.282 bits per heavy atom. The van der Waals surface area contributed by atoms with Crippen LogP contribution in [0.1, 0.15) is 0 Å². The van der Waals surface area contributed by atoms with Gasteiger partial charge in [-0.1, -0.05) is 188 Å². The van der Waals surface area contributed by atoms with E-state index in [-0.39, 0.29) is 0 Å². The lowest BCUT2D eigenvalue weighted by molar-refractivity contribution is 0.669. The zero-order chi connectivity index (χ0) is 46.8. The highest BCUT2D eigenvalue weighted by molar-refractivity contribution is 6.13. The number of furan rings is 1.